The van der Waals surface area contributed by atoms with Crippen molar-refractivity contribution in [3.8, 4) is 39.9 Å². The topological polar surface area (TPSA) is 69.9 Å². The number of phenolic OH excluding ortho intramolecular Hbond substituents is 3. The first kappa shape index (κ1) is 13.8. The Morgan fingerprint density at radius 1 is 0.591 bits per heavy atom. The molecule has 0 atom stereocenters. The summed E-state index contributed by atoms with van der Waals surface area (Å²) in [5.41, 5.74) is 1.68. The molecule has 0 radical (unpaired) electrons. The summed E-state index contributed by atoms with van der Waals surface area (Å²) in [7, 11) is 0. The fourth-order valence-corrected chi connectivity index (χ4v) is 2.10. The van der Waals surface area contributed by atoms with E-state index in [2.05, 4.69) is 0 Å². The highest BCUT2D eigenvalue weighted by molar-refractivity contribution is 5.67. The lowest BCUT2D eigenvalue weighted by molar-refractivity contribution is 0.404. The number of aromatic hydroxyl groups is 3. The standard InChI is InChI=1S/C18H14O4/c19-14-2-1-3-16(11-14)22-15-7-4-12(5-8-15)13-6-9-17(20)18(21)10-13/h1-11,19-21H. The molecular weight excluding hydrogens is 280 g/mol. The van der Waals surface area contributed by atoms with Crippen LogP contribution in [0, 0.1) is 0 Å². The van der Waals surface area contributed by atoms with E-state index in [9.17, 15) is 15.3 Å². The molecule has 0 aromatic heterocycles. The second kappa shape index (κ2) is 5.69. The van der Waals surface area contributed by atoms with E-state index in [1.165, 1.54) is 18.2 Å². The molecule has 0 bridgehead atoms. The van der Waals surface area contributed by atoms with Crippen LogP contribution in [-0.2, 0) is 0 Å². The molecule has 0 aliphatic heterocycles. The summed E-state index contributed by atoms with van der Waals surface area (Å²) >= 11 is 0. The SMILES string of the molecule is Oc1cccc(Oc2ccc(-c3ccc(O)c(O)c3)cc2)c1. The molecule has 4 heteroatoms. The quantitative estimate of drug-likeness (QED) is 0.631. The maximum absolute atomic E-state index is 9.54. The molecule has 3 rings (SSSR count). The van der Waals surface area contributed by atoms with Crippen molar-refractivity contribution in [3.05, 3.63) is 66.7 Å². The van der Waals surface area contributed by atoms with E-state index in [1.54, 1.807) is 36.4 Å². The minimum atomic E-state index is -0.155. The Labute approximate surface area is 127 Å². The van der Waals surface area contributed by atoms with Gasteiger partial charge in [-0.05, 0) is 47.5 Å². The molecule has 0 saturated carbocycles. The smallest absolute Gasteiger partial charge is 0.158 e. The summed E-state index contributed by atoms with van der Waals surface area (Å²) in [6, 6.07) is 18.5. The Bertz CT molecular complexity index is 794. The zero-order chi connectivity index (χ0) is 15.5. The van der Waals surface area contributed by atoms with Crippen molar-refractivity contribution in [2.75, 3.05) is 0 Å². The fraction of sp³-hybridized carbons (Fsp3) is 0. The molecule has 22 heavy (non-hydrogen) atoms. The van der Waals surface area contributed by atoms with E-state index in [4.69, 9.17) is 4.74 Å². The maximum atomic E-state index is 9.54. The summed E-state index contributed by atoms with van der Waals surface area (Å²) < 4.78 is 5.64. The molecule has 110 valence electrons. The zero-order valence-corrected chi connectivity index (χ0v) is 11.6. The third-order valence-electron chi connectivity index (χ3n) is 3.22. The van der Waals surface area contributed by atoms with Crippen LogP contribution in [0.2, 0.25) is 0 Å². The van der Waals surface area contributed by atoms with Gasteiger partial charge in [-0.1, -0.05) is 24.3 Å². The van der Waals surface area contributed by atoms with Gasteiger partial charge >= 0.3 is 0 Å². The monoisotopic (exact) mass is 294 g/mol. The highest BCUT2D eigenvalue weighted by atomic mass is 16.5. The van der Waals surface area contributed by atoms with Crippen LogP contribution in [0.5, 0.6) is 28.7 Å². The second-order valence-electron chi connectivity index (χ2n) is 4.83. The zero-order valence-electron chi connectivity index (χ0n) is 11.6. The van der Waals surface area contributed by atoms with Crippen LogP contribution in [0.15, 0.2) is 66.7 Å². The van der Waals surface area contributed by atoms with Gasteiger partial charge in [0.2, 0.25) is 0 Å². The molecule has 0 amide bonds. The molecule has 0 heterocycles. The average Bonchev–Trinajstić information content (AvgIpc) is 2.51. The van der Waals surface area contributed by atoms with E-state index >= 15 is 0 Å². The van der Waals surface area contributed by atoms with Crippen LogP contribution in [0.25, 0.3) is 11.1 Å². The molecule has 3 aromatic rings. The van der Waals surface area contributed by atoms with Gasteiger partial charge in [-0.2, -0.15) is 0 Å². The van der Waals surface area contributed by atoms with Gasteiger partial charge in [-0.25, -0.2) is 0 Å². The summed E-state index contributed by atoms with van der Waals surface area (Å²) in [4.78, 5) is 0. The Kier molecular flexibility index (Phi) is 3.58. The molecular formula is C18H14O4. The second-order valence-corrected chi connectivity index (χ2v) is 4.83. The Balaban J connectivity index is 1.81. The highest BCUT2D eigenvalue weighted by Crippen LogP contribution is 2.32. The molecule has 0 saturated heterocycles. The van der Waals surface area contributed by atoms with Crippen molar-refractivity contribution in [2.45, 2.75) is 0 Å². The molecule has 0 aliphatic carbocycles. The van der Waals surface area contributed by atoms with E-state index < -0.39 is 0 Å². The number of rotatable bonds is 3. The summed E-state index contributed by atoms with van der Waals surface area (Å²) in [6.07, 6.45) is 0. The first-order valence-electron chi connectivity index (χ1n) is 6.71. The van der Waals surface area contributed by atoms with Crippen LogP contribution >= 0.6 is 0 Å². The van der Waals surface area contributed by atoms with Crippen molar-refractivity contribution in [2.24, 2.45) is 0 Å². The summed E-state index contributed by atoms with van der Waals surface area (Å²) in [5, 5.41) is 28.3. The van der Waals surface area contributed by atoms with E-state index in [0.29, 0.717) is 11.5 Å². The third kappa shape index (κ3) is 2.96. The van der Waals surface area contributed by atoms with Gasteiger partial charge in [0.05, 0.1) is 0 Å². The van der Waals surface area contributed by atoms with Crippen molar-refractivity contribution in [1.29, 1.82) is 0 Å². The van der Waals surface area contributed by atoms with Crippen LogP contribution in [-0.4, -0.2) is 15.3 Å². The van der Waals surface area contributed by atoms with Crippen molar-refractivity contribution < 1.29 is 20.1 Å². The predicted molar refractivity (Wildman–Crippen MR) is 83.4 cm³/mol. The number of ether oxygens (including phenoxy) is 1. The third-order valence-corrected chi connectivity index (χ3v) is 3.22. The summed E-state index contributed by atoms with van der Waals surface area (Å²) in [5.74, 6) is 1.03. The summed E-state index contributed by atoms with van der Waals surface area (Å²) in [6.45, 7) is 0. The Morgan fingerprint density at radius 2 is 1.32 bits per heavy atom. The van der Waals surface area contributed by atoms with Crippen LogP contribution in [0.3, 0.4) is 0 Å². The van der Waals surface area contributed by atoms with Gasteiger partial charge in [0.15, 0.2) is 11.5 Å². The number of hydrogen-bond acceptors (Lipinski definition) is 4. The van der Waals surface area contributed by atoms with Gasteiger partial charge in [-0.3, -0.25) is 0 Å². The Morgan fingerprint density at radius 3 is 2.00 bits per heavy atom. The maximum Gasteiger partial charge on any atom is 0.158 e. The molecule has 0 spiro atoms. The van der Waals surface area contributed by atoms with Gasteiger partial charge in [-0.15, -0.1) is 0 Å². The number of benzene rings is 3. The highest BCUT2D eigenvalue weighted by Gasteiger charge is 2.04. The van der Waals surface area contributed by atoms with Gasteiger partial charge < -0.3 is 20.1 Å². The predicted octanol–water partition coefficient (Wildman–Crippen LogP) is 4.26. The van der Waals surface area contributed by atoms with E-state index in [-0.39, 0.29) is 17.2 Å². The Hall–Kier alpha value is -3.14. The number of hydrogen-bond donors (Lipinski definition) is 3. The average molecular weight is 294 g/mol. The van der Waals surface area contributed by atoms with Crippen LogP contribution < -0.4 is 4.74 Å². The first-order chi connectivity index (χ1) is 10.6. The molecule has 0 fully saturated rings. The van der Waals surface area contributed by atoms with Crippen molar-refractivity contribution in [3.63, 3.8) is 0 Å². The lowest BCUT2D eigenvalue weighted by atomic mass is 10.1. The van der Waals surface area contributed by atoms with Crippen LogP contribution in [0.4, 0.5) is 0 Å². The van der Waals surface area contributed by atoms with E-state index in [1.807, 2.05) is 12.1 Å². The lowest BCUT2D eigenvalue weighted by Gasteiger charge is -2.08. The van der Waals surface area contributed by atoms with Crippen LogP contribution in [0.1, 0.15) is 0 Å². The molecule has 4 nitrogen and oxygen atoms in total. The van der Waals surface area contributed by atoms with Gasteiger partial charge in [0.25, 0.3) is 0 Å². The van der Waals surface area contributed by atoms with Gasteiger partial charge in [0, 0.05) is 6.07 Å². The van der Waals surface area contributed by atoms with Gasteiger partial charge in [0.1, 0.15) is 17.2 Å². The normalized spacial score (nSPS) is 10.4. The van der Waals surface area contributed by atoms with Crippen molar-refractivity contribution >= 4 is 0 Å². The first-order valence-corrected chi connectivity index (χ1v) is 6.71. The minimum Gasteiger partial charge on any atom is -0.508 e. The molecule has 0 aliphatic rings. The lowest BCUT2D eigenvalue weighted by Crippen LogP contribution is -1.84. The fourth-order valence-electron chi connectivity index (χ4n) is 2.10. The van der Waals surface area contributed by atoms with Crippen molar-refractivity contribution in [1.82, 2.24) is 0 Å². The van der Waals surface area contributed by atoms with E-state index in [0.717, 1.165) is 11.1 Å². The molecule has 0 unspecified atom stereocenters. The largest absolute Gasteiger partial charge is 0.508 e. The molecule has 3 N–H and O–H groups in total. The number of phenols is 3. The molecule has 3 aromatic carbocycles. The minimum absolute atomic E-state index is 0.146.